The SMILES string of the molecule is COc1ccccc1-c1cnc(CC2CNC2)o1. The molecule has 0 unspecified atom stereocenters. The van der Waals surface area contributed by atoms with Crippen molar-refractivity contribution in [3.05, 3.63) is 36.4 Å². The lowest BCUT2D eigenvalue weighted by Crippen LogP contribution is -2.43. The number of nitrogens with zero attached hydrogens (tertiary/aromatic N) is 1. The summed E-state index contributed by atoms with van der Waals surface area (Å²) in [7, 11) is 1.66. The first-order chi connectivity index (χ1) is 8.86. The van der Waals surface area contributed by atoms with E-state index in [0.29, 0.717) is 5.92 Å². The van der Waals surface area contributed by atoms with Crippen LogP contribution in [0.2, 0.25) is 0 Å². The van der Waals surface area contributed by atoms with Crippen LogP contribution in [0.4, 0.5) is 0 Å². The molecule has 1 aliphatic heterocycles. The molecule has 1 N–H and O–H groups in total. The van der Waals surface area contributed by atoms with E-state index in [-0.39, 0.29) is 0 Å². The monoisotopic (exact) mass is 244 g/mol. The molecule has 4 heteroatoms. The highest BCUT2D eigenvalue weighted by molar-refractivity contribution is 5.64. The second-order valence-electron chi connectivity index (χ2n) is 4.55. The van der Waals surface area contributed by atoms with Crippen molar-refractivity contribution in [3.8, 4) is 17.1 Å². The Hall–Kier alpha value is -1.81. The highest BCUT2D eigenvalue weighted by atomic mass is 16.5. The summed E-state index contributed by atoms with van der Waals surface area (Å²) in [4.78, 5) is 4.34. The Morgan fingerprint density at radius 3 is 2.94 bits per heavy atom. The molecule has 0 bridgehead atoms. The summed E-state index contributed by atoms with van der Waals surface area (Å²) in [5.74, 6) is 3.05. The maximum absolute atomic E-state index is 5.80. The van der Waals surface area contributed by atoms with Crippen LogP contribution >= 0.6 is 0 Å². The van der Waals surface area contributed by atoms with Gasteiger partial charge in [-0.05, 0) is 31.1 Å². The van der Waals surface area contributed by atoms with Gasteiger partial charge >= 0.3 is 0 Å². The lowest BCUT2D eigenvalue weighted by atomic mass is 10.00. The molecule has 0 atom stereocenters. The molecular formula is C14H16N2O2. The first kappa shape index (κ1) is 11.3. The molecule has 1 aromatic heterocycles. The molecule has 94 valence electrons. The van der Waals surface area contributed by atoms with Gasteiger partial charge in [0.15, 0.2) is 11.7 Å². The summed E-state index contributed by atoms with van der Waals surface area (Å²) < 4.78 is 11.1. The zero-order valence-corrected chi connectivity index (χ0v) is 10.3. The molecule has 0 saturated carbocycles. The van der Waals surface area contributed by atoms with Crippen LogP contribution in [0.3, 0.4) is 0 Å². The lowest BCUT2D eigenvalue weighted by molar-refractivity contribution is 0.319. The Labute approximate surface area is 106 Å². The Bertz CT molecular complexity index is 532. The van der Waals surface area contributed by atoms with Crippen LogP contribution in [0.15, 0.2) is 34.9 Å². The molecule has 0 aliphatic carbocycles. The number of benzene rings is 1. The maximum atomic E-state index is 5.80. The van der Waals surface area contributed by atoms with Crippen LogP contribution in [0.5, 0.6) is 5.75 Å². The number of para-hydroxylation sites is 1. The van der Waals surface area contributed by atoms with Gasteiger partial charge in [-0.1, -0.05) is 12.1 Å². The average Bonchev–Trinajstić information content (AvgIpc) is 2.82. The molecular weight excluding hydrogens is 228 g/mol. The number of rotatable bonds is 4. The minimum atomic E-state index is 0.661. The van der Waals surface area contributed by atoms with E-state index in [1.807, 2.05) is 24.3 Å². The van der Waals surface area contributed by atoms with Crippen molar-refractivity contribution >= 4 is 0 Å². The molecule has 0 radical (unpaired) electrons. The van der Waals surface area contributed by atoms with Gasteiger partial charge in [-0.15, -0.1) is 0 Å². The third-order valence-corrected chi connectivity index (χ3v) is 3.26. The third-order valence-electron chi connectivity index (χ3n) is 3.26. The van der Waals surface area contributed by atoms with E-state index in [2.05, 4.69) is 10.3 Å². The van der Waals surface area contributed by atoms with Gasteiger partial charge in [0, 0.05) is 6.42 Å². The Morgan fingerprint density at radius 1 is 1.39 bits per heavy atom. The molecule has 2 aromatic rings. The molecule has 1 aliphatic rings. The van der Waals surface area contributed by atoms with Crippen molar-refractivity contribution in [2.24, 2.45) is 5.92 Å². The predicted molar refractivity (Wildman–Crippen MR) is 68.6 cm³/mol. The van der Waals surface area contributed by atoms with E-state index in [4.69, 9.17) is 9.15 Å². The van der Waals surface area contributed by atoms with E-state index < -0.39 is 0 Å². The van der Waals surface area contributed by atoms with Crippen molar-refractivity contribution in [2.75, 3.05) is 20.2 Å². The van der Waals surface area contributed by atoms with Crippen LogP contribution in [0.25, 0.3) is 11.3 Å². The summed E-state index contributed by atoms with van der Waals surface area (Å²) in [6, 6.07) is 7.82. The zero-order valence-electron chi connectivity index (χ0n) is 10.3. The minimum absolute atomic E-state index is 0.661. The van der Waals surface area contributed by atoms with Crippen LogP contribution in [0.1, 0.15) is 5.89 Å². The van der Waals surface area contributed by atoms with Crippen LogP contribution < -0.4 is 10.1 Å². The van der Waals surface area contributed by atoms with Gasteiger partial charge in [-0.2, -0.15) is 0 Å². The van der Waals surface area contributed by atoms with Crippen LogP contribution in [-0.2, 0) is 6.42 Å². The van der Waals surface area contributed by atoms with Gasteiger partial charge in [0.05, 0.1) is 18.9 Å². The fourth-order valence-corrected chi connectivity index (χ4v) is 2.12. The molecule has 0 spiro atoms. The molecule has 1 aromatic carbocycles. The Kier molecular flexibility index (Phi) is 3.02. The second-order valence-corrected chi connectivity index (χ2v) is 4.55. The summed E-state index contributed by atoms with van der Waals surface area (Å²) in [5, 5.41) is 3.25. The fourth-order valence-electron chi connectivity index (χ4n) is 2.12. The molecule has 2 heterocycles. The largest absolute Gasteiger partial charge is 0.496 e. The number of oxazole rings is 1. The van der Waals surface area contributed by atoms with Crippen molar-refractivity contribution in [3.63, 3.8) is 0 Å². The number of methoxy groups -OCH3 is 1. The maximum Gasteiger partial charge on any atom is 0.195 e. The quantitative estimate of drug-likeness (QED) is 0.894. The van der Waals surface area contributed by atoms with Gasteiger partial charge in [-0.3, -0.25) is 0 Å². The van der Waals surface area contributed by atoms with E-state index in [1.54, 1.807) is 13.3 Å². The molecule has 18 heavy (non-hydrogen) atoms. The summed E-state index contributed by atoms with van der Waals surface area (Å²) in [5.41, 5.74) is 0.950. The number of nitrogens with one attached hydrogen (secondary N) is 1. The average molecular weight is 244 g/mol. The molecule has 1 fully saturated rings. The lowest BCUT2D eigenvalue weighted by Gasteiger charge is -2.25. The van der Waals surface area contributed by atoms with Crippen molar-refractivity contribution in [1.29, 1.82) is 0 Å². The van der Waals surface area contributed by atoms with E-state index >= 15 is 0 Å². The smallest absolute Gasteiger partial charge is 0.195 e. The van der Waals surface area contributed by atoms with Gasteiger partial charge < -0.3 is 14.5 Å². The van der Waals surface area contributed by atoms with Crippen LogP contribution in [-0.4, -0.2) is 25.2 Å². The van der Waals surface area contributed by atoms with Crippen LogP contribution in [0, 0.1) is 5.92 Å². The number of aromatic nitrogens is 1. The molecule has 0 amide bonds. The highest BCUT2D eigenvalue weighted by Crippen LogP contribution is 2.30. The van der Waals surface area contributed by atoms with Crippen molar-refractivity contribution in [1.82, 2.24) is 10.3 Å². The number of ether oxygens (including phenoxy) is 1. The van der Waals surface area contributed by atoms with Gasteiger partial charge in [0.2, 0.25) is 0 Å². The number of hydrogen-bond acceptors (Lipinski definition) is 4. The third kappa shape index (κ3) is 2.11. The Morgan fingerprint density at radius 2 is 2.22 bits per heavy atom. The molecule has 1 saturated heterocycles. The Balaban J connectivity index is 1.83. The second kappa shape index (κ2) is 4.82. The number of hydrogen-bond donors (Lipinski definition) is 1. The van der Waals surface area contributed by atoms with Gasteiger partial charge in [0.25, 0.3) is 0 Å². The first-order valence-electron chi connectivity index (χ1n) is 6.15. The zero-order chi connectivity index (χ0) is 12.4. The minimum Gasteiger partial charge on any atom is -0.496 e. The van der Waals surface area contributed by atoms with Crippen molar-refractivity contribution < 1.29 is 9.15 Å². The fraction of sp³-hybridized carbons (Fsp3) is 0.357. The van der Waals surface area contributed by atoms with E-state index in [0.717, 1.165) is 42.5 Å². The molecule has 3 rings (SSSR count). The van der Waals surface area contributed by atoms with E-state index in [9.17, 15) is 0 Å². The predicted octanol–water partition coefficient (Wildman–Crippen LogP) is 2.11. The van der Waals surface area contributed by atoms with Gasteiger partial charge in [0.1, 0.15) is 5.75 Å². The molecule has 4 nitrogen and oxygen atoms in total. The van der Waals surface area contributed by atoms with E-state index in [1.165, 1.54) is 0 Å². The topological polar surface area (TPSA) is 47.3 Å². The highest BCUT2D eigenvalue weighted by Gasteiger charge is 2.20. The summed E-state index contributed by atoms with van der Waals surface area (Å²) >= 11 is 0. The van der Waals surface area contributed by atoms with Gasteiger partial charge in [-0.25, -0.2) is 4.98 Å². The van der Waals surface area contributed by atoms with Crippen molar-refractivity contribution in [2.45, 2.75) is 6.42 Å². The standard InChI is InChI=1S/C14H16N2O2/c1-17-12-5-3-2-4-11(12)13-9-16-14(18-13)6-10-7-15-8-10/h2-5,9-10,15H,6-8H2,1H3. The first-order valence-corrected chi connectivity index (χ1v) is 6.15. The summed E-state index contributed by atoms with van der Waals surface area (Å²) in [6.45, 7) is 2.12. The summed E-state index contributed by atoms with van der Waals surface area (Å²) in [6.07, 6.45) is 2.68. The normalized spacial score (nSPS) is 15.4.